The number of esters is 1. The van der Waals surface area contributed by atoms with E-state index in [1.165, 1.54) is 5.56 Å². The van der Waals surface area contributed by atoms with Gasteiger partial charge in [-0.25, -0.2) is 4.79 Å². The van der Waals surface area contributed by atoms with Crippen LogP contribution in [0.25, 0.3) is 10.9 Å². The highest BCUT2D eigenvalue weighted by Crippen LogP contribution is 2.24. The third kappa shape index (κ3) is 4.67. The minimum Gasteiger partial charge on any atom is -0.452 e. The van der Waals surface area contributed by atoms with Crippen LogP contribution in [0.5, 0.6) is 0 Å². The third-order valence-corrected chi connectivity index (χ3v) is 5.33. The van der Waals surface area contributed by atoms with E-state index in [0.29, 0.717) is 12.0 Å². The second kappa shape index (κ2) is 9.53. The molecule has 1 aromatic heterocycles. The molecule has 0 aliphatic carbocycles. The molecule has 0 saturated heterocycles. The van der Waals surface area contributed by atoms with Gasteiger partial charge in [0.05, 0.1) is 17.1 Å². The average molecular weight is 405 g/mol. The van der Waals surface area contributed by atoms with Gasteiger partial charge in [-0.1, -0.05) is 61.9 Å². The molecule has 1 heterocycles. The van der Waals surface area contributed by atoms with Crippen LogP contribution in [0.1, 0.15) is 59.1 Å². The lowest BCUT2D eigenvalue weighted by Crippen LogP contribution is -2.32. The first kappa shape index (κ1) is 21.5. The molecule has 0 spiro atoms. The second-order valence-electron chi connectivity index (χ2n) is 7.44. The summed E-state index contributed by atoms with van der Waals surface area (Å²) in [5, 5.41) is 3.69. The first-order valence-corrected chi connectivity index (χ1v) is 10.4. The van der Waals surface area contributed by atoms with E-state index in [2.05, 4.69) is 10.3 Å². The van der Waals surface area contributed by atoms with Crippen molar-refractivity contribution in [3.05, 3.63) is 76.5 Å². The van der Waals surface area contributed by atoms with Gasteiger partial charge in [0.15, 0.2) is 6.61 Å². The maximum absolute atomic E-state index is 12.9. The summed E-state index contributed by atoms with van der Waals surface area (Å²) in [7, 11) is 0. The zero-order chi connectivity index (χ0) is 21.7. The van der Waals surface area contributed by atoms with E-state index in [1.54, 1.807) is 0 Å². The fourth-order valence-corrected chi connectivity index (χ4v) is 3.62. The number of aryl methyl sites for hydroxylation is 2. The summed E-state index contributed by atoms with van der Waals surface area (Å²) < 4.78 is 5.40. The highest BCUT2D eigenvalue weighted by molar-refractivity contribution is 6.05. The van der Waals surface area contributed by atoms with Crippen molar-refractivity contribution < 1.29 is 14.3 Å². The number of hydrogen-bond donors (Lipinski definition) is 1. The van der Waals surface area contributed by atoms with Crippen molar-refractivity contribution in [2.24, 2.45) is 0 Å². The van der Waals surface area contributed by atoms with Gasteiger partial charge in [0, 0.05) is 11.1 Å². The van der Waals surface area contributed by atoms with Crippen LogP contribution < -0.4 is 5.32 Å². The molecule has 5 nitrogen and oxygen atoms in total. The van der Waals surface area contributed by atoms with E-state index in [9.17, 15) is 9.59 Å². The Labute approximate surface area is 177 Å². The van der Waals surface area contributed by atoms with Crippen LogP contribution in [0, 0.1) is 13.8 Å². The number of para-hydroxylation sites is 1. The van der Waals surface area contributed by atoms with Crippen LogP contribution in [0.15, 0.2) is 48.5 Å². The molecule has 0 aliphatic rings. The summed E-state index contributed by atoms with van der Waals surface area (Å²) in [5.41, 5.74) is 5.09. The zero-order valence-electron chi connectivity index (χ0n) is 18.0. The van der Waals surface area contributed by atoms with Crippen LogP contribution in [-0.2, 0) is 16.0 Å². The van der Waals surface area contributed by atoms with Gasteiger partial charge in [0.25, 0.3) is 5.91 Å². The van der Waals surface area contributed by atoms with Crippen molar-refractivity contribution in [3.63, 3.8) is 0 Å². The average Bonchev–Trinajstić information content (AvgIpc) is 2.76. The number of ether oxygens (including phenoxy) is 1. The quantitative estimate of drug-likeness (QED) is 0.572. The van der Waals surface area contributed by atoms with Gasteiger partial charge in [-0.15, -0.1) is 0 Å². The molecule has 0 unspecified atom stereocenters. The van der Waals surface area contributed by atoms with Crippen molar-refractivity contribution >= 4 is 22.8 Å². The van der Waals surface area contributed by atoms with Gasteiger partial charge in [-0.05, 0) is 43.9 Å². The van der Waals surface area contributed by atoms with Crippen LogP contribution in [0.4, 0.5) is 0 Å². The van der Waals surface area contributed by atoms with E-state index in [4.69, 9.17) is 4.74 Å². The molecule has 2 aromatic carbocycles. The molecule has 3 aromatic rings. The summed E-state index contributed by atoms with van der Waals surface area (Å²) in [4.78, 5) is 30.0. The van der Waals surface area contributed by atoms with E-state index in [1.807, 2.05) is 76.2 Å². The summed E-state index contributed by atoms with van der Waals surface area (Å²) in [5.74, 6) is -0.818. The van der Waals surface area contributed by atoms with Crippen LogP contribution in [0.3, 0.4) is 0 Å². The standard InChI is InChI=1S/C25H28N2O3/c1-5-20-17(4)24(19-9-7-8-10-22(19)26-20)25(29)30-15-23(28)27-21(6-2)18-13-11-16(3)12-14-18/h7-14,21H,5-6,15H2,1-4H3,(H,27,28)/t21-/m1/s1. The first-order chi connectivity index (χ1) is 14.4. The van der Waals surface area contributed by atoms with Crippen LogP contribution >= 0.6 is 0 Å². The fraction of sp³-hybridized carbons (Fsp3) is 0.320. The number of carbonyl (C=O) groups is 2. The number of pyridine rings is 1. The SMILES string of the molecule is CCc1nc2ccccc2c(C(=O)OCC(=O)N[C@H](CC)c2ccc(C)cc2)c1C. The Morgan fingerprint density at radius 2 is 1.73 bits per heavy atom. The lowest BCUT2D eigenvalue weighted by molar-refractivity contribution is -0.125. The van der Waals surface area contributed by atoms with Gasteiger partial charge in [0.2, 0.25) is 0 Å². The molecule has 0 bridgehead atoms. The van der Waals surface area contributed by atoms with Crippen molar-refractivity contribution in [1.82, 2.24) is 10.3 Å². The lowest BCUT2D eigenvalue weighted by Gasteiger charge is -2.18. The van der Waals surface area contributed by atoms with Crippen LogP contribution in [-0.4, -0.2) is 23.5 Å². The Bertz CT molecular complexity index is 1060. The molecule has 1 N–H and O–H groups in total. The molecule has 0 saturated carbocycles. The Balaban J connectivity index is 1.73. The molecular formula is C25H28N2O3. The predicted molar refractivity (Wildman–Crippen MR) is 118 cm³/mol. The molecule has 1 amide bonds. The maximum Gasteiger partial charge on any atom is 0.339 e. The molecule has 0 aliphatic heterocycles. The minimum atomic E-state index is -0.501. The fourth-order valence-electron chi connectivity index (χ4n) is 3.62. The topological polar surface area (TPSA) is 68.3 Å². The highest BCUT2D eigenvalue weighted by Gasteiger charge is 2.20. The number of hydrogen-bond acceptors (Lipinski definition) is 4. The molecule has 156 valence electrons. The number of nitrogens with one attached hydrogen (secondary N) is 1. The predicted octanol–water partition coefficient (Wildman–Crippen LogP) is 4.84. The van der Waals surface area contributed by atoms with Gasteiger partial charge >= 0.3 is 5.97 Å². The zero-order valence-corrected chi connectivity index (χ0v) is 18.0. The summed E-state index contributed by atoms with van der Waals surface area (Å²) in [6.07, 6.45) is 1.46. The largest absolute Gasteiger partial charge is 0.452 e. The number of aromatic nitrogens is 1. The molecule has 30 heavy (non-hydrogen) atoms. The Morgan fingerprint density at radius 1 is 1.03 bits per heavy atom. The van der Waals surface area contributed by atoms with Crippen molar-refractivity contribution in [1.29, 1.82) is 0 Å². The first-order valence-electron chi connectivity index (χ1n) is 10.4. The van der Waals surface area contributed by atoms with E-state index < -0.39 is 5.97 Å². The van der Waals surface area contributed by atoms with Gasteiger partial charge in [-0.2, -0.15) is 0 Å². The van der Waals surface area contributed by atoms with Gasteiger partial charge in [-0.3, -0.25) is 9.78 Å². The molecular weight excluding hydrogens is 376 g/mol. The third-order valence-electron chi connectivity index (χ3n) is 5.33. The number of rotatable bonds is 7. The summed E-state index contributed by atoms with van der Waals surface area (Å²) in [6, 6.07) is 15.4. The van der Waals surface area contributed by atoms with E-state index in [0.717, 1.165) is 34.1 Å². The number of nitrogens with zero attached hydrogens (tertiary/aromatic N) is 1. The van der Waals surface area contributed by atoms with Crippen molar-refractivity contribution in [2.45, 2.75) is 46.6 Å². The molecule has 0 radical (unpaired) electrons. The Morgan fingerprint density at radius 3 is 2.40 bits per heavy atom. The minimum absolute atomic E-state index is 0.119. The lowest BCUT2D eigenvalue weighted by atomic mass is 10.0. The summed E-state index contributed by atoms with van der Waals surface area (Å²) >= 11 is 0. The molecule has 5 heteroatoms. The smallest absolute Gasteiger partial charge is 0.339 e. The van der Waals surface area contributed by atoms with Gasteiger partial charge < -0.3 is 10.1 Å². The number of fused-ring (bicyclic) bond motifs is 1. The van der Waals surface area contributed by atoms with Crippen molar-refractivity contribution in [3.8, 4) is 0 Å². The maximum atomic E-state index is 12.9. The molecule has 3 rings (SSSR count). The van der Waals surface area contributed by atoms with E-state index in [-0.39, 0.29) is 18.6 Å². The van der Waals surface area contributed by atoms with Crippen LogP contribution in [0.2, 0.25) is 0 Å². The number of carbonyl (C=O) groups excluding carboxylic acids is 2. The summed E-state index contributed by atoms with van der Waals surface area (Å²) in [6.45, 7) is 7.59. The normalized spacial score (nSPS) is 11.9. The molecule has 0 fully saturated rings. The van der Waals surface area contributed by atoms with Gasteiger partial charge in [0.1, 0.15) is 0 Å². The number of amides is 1. The highest BCUT2D eigenvalue weighted by atomic mass is 16.5. The Hall–Kier alpha value is -3.21. The van der Waals surface area contributed by atoms with E-state index >= 15 is 0 Å². The second-order valence-corrected chi connectivity index (χ2v) is 7.44. The monoisotopic (exact) mass is 404 g/mol. The Kier molecular flexibility index (Phi) is 6.83. The number of benzene rings is 2. The van der Waals surface area contributed by atoms with Crippen molar-refractivity contribution in [2.75, 3.05) is 6.61 Å². The molecule has 1 atom stereocenters.